The number of hydrogen-bond donors (Lipinski definition) is 0. The molecule has 5 heteroatoms. The highest BCUT2D eigenvalue weighted by atomic mass is 19.4. The van der Waals surface area contributed by atoms with E-state index in [2.05, 4.69) is 4.98 Å². The molecule has 0 amide bonds. The van der Waals surface area contributed by atoms with Crippen molar-refractivity contribution in [2.24, 2.45) is 0 Å². The number of nitrogens with zero attached hydrogens (tertiary/aromatic N) is 1. The highest BCUT2D eigenvalue weighted by Gasteiger charge is 2.32. The molecule has 0 N–H and O–H groups in total. The highest BCUT2D eigenvalue weighted by Crippen LogP contribution is 2.30. The van der Waals surface area contributed by atoms with Gasteiger partial charge in [0.15, 0.2) is 0 Å². The van der Waals surface area contributed by atoms with Crippen LogP contribution < -0.4 is 0 Å². The van der Waals surface area contributed by atoms with Gasteiger partial charge in [-0.1, -0.05) is 12.1 Å². The van der Waals surface area contributed by atoms with Gasteiger partial charge in [-0.15, -0.1) is 0 Å². The Labute approximate surface area is 94.7 Å². The molecule has 0 saturated carbocycles. The van der Waals surface area contributed by atoms with Crippen molar-refractivity contribution in [2.45, 2.75) is 6.18 Å². The zero-order chi connectivity index (χ0) is 12.5. The fraction of sp³-hybridized carbons (Fsp3) is 0.0833. The van der Waals surface area contributed by atoms with Gasteiger partial charge < -0.3 is 0 Å². The SMILES string of the molecule is Fc1cccc(-c2ccnc(C(F)(F)F)c2)c1. The number of alkyl halides is 3. The normalized spacial score (nSPS) is 11.5. The number of rotatable bonds is 1. The minimum atomic E-state index is -4.50. The summed E-state index contributed by atoms with van der Waals surface area (Å²) in [5.41, 5.74) is -0.316. The van der Waals surface area contributed by atoms with Crippen LogP contribution in [0.1, 0.15) is 5.69 Å². The van der Waals surface area contributed by atoms with Crippen LogP contribution in [0.5, 0.6) is 0 Å². The monoisotopic (exact) mass is 241 g/mol. The van der Waals surface area contributed by atoms with E-state index in [0.29, 0.717) is 5.56 Å². The van der Waals surface area contributed by atoms with Gasteiger partial charge in [0.2, 0.25) is 0 Å². The van der Waals surface area contributed by atoms with Crippen LogP contribution in [0.2, 0.25) is 0 Å². The largest absolute Gasteiger partial charge is 0.433 e. The van der Waals surface area contributed by atoms with E-state index in [1.807, 2.05) is 0 Å². The Hall–Kier alpha value is -1.91. The molecule has 0 spiro atoms. The molecular weight excluding hydrogens is 234 g/mol. The summed E-state index contributed by atoms with van der Waals surface area (Å²) in [4.78, 5) is 3.24. The van der Waals surface area contributed by atoms with E-state index < -0.39 is 17.7 Å². The average molecular weight is 241 g/mol. The summed E-state index contributed by atoms with van der Waals surface area (Å²) in [7, 11) is 0. The first-order valence-electron chi connectivity index (χ1n) is 4.76. The second-order valence-corrected chi connectivity index (χ2v) is 3.44. The molecule has 0 radical (unpaired) electrons. The van der Waals surface area contributed by atoms with Crippen LogP contribution >= 0.6 is 0 Å². The molecule has 0 saturated heterocycles. The Morgan fingerprint density at radius 3 is 2.29 bits per heavy atom. The summed E-state index contributed by atoms with van der Waals surface area (Å²) in [6.45, 7) is 0. The van der Waals surface area contributed by atoms with E-state index in [0.717, 1.165) is 12.3 Å². The molecule has 0 atom stereocenters. The first-order chi connectivity index (χ1) is 7.97. The van der Waals surface area contributed by atoms with Crippen molar-refractivity contribution in [1.82, 2.24) is 4.98 Å². The molecule has 1 aromatic carbocycles. The van der Waals surface area contributed by atoms with Gasteiger partial charge in [-0.25, -0.2) is 4.39 Å². The molecule has 1 aromatic heterocycles. The van der Waals surface area contributed by atoms with Gasteiger partial charge in [0.05, 0.1) is 0 Å². The maximum Gasteiger partial charge on any atom is 0.433 e. The molecule has 2 aromatic rings. The number of hydrogen-bond acceptors (Lipinski definition) is 1. The summed E-state index contributed by atoms with van der Waals surface area (Å²) in [6.07, 6.45) is -3.44. The topological polar surface area (TPSA) is 12.9 Å². The van der Waals surface area contributed by atoms with E-state index in [1.165, 1.54) is 24.3 Å². The molecule has 0 unspecified atom stereocenters. The number of benzene rings is 1. The standard InChI is InChI=1S/C12H7F4N/c13-10-3-1-2-8(6-10)9-4-5-17-11(7-9)12(14,15)16/h1-7H. The first-order valence-corrected chi connectivity index (χ1v) is 4.76. The van der Waals surface area contributed by atoms with Crippen molar-refractivity contribution in [3.8, 4) is 11.1 Å². The van der Waals surface area contributed by atoms with Gasteiger partial charge in [-0.3, -0.25) is 4.98 Å². The summed E-state index contributed by atoms with van der Waals surface area (Å²) in [6, 6.07) is 7.69. The van der Waals surface area contributed by atoms with Gasteiger partial charge >= 0.3 is 6.18 Å². The van der Waals surface area contributed by atoms with Crippen molar-refractivity contribution in [3.05, 3.63) is 54.1 Å². The smallest absolute Gasteiger partial charge is 0.252 e. The third-order valence-electron chi connectivity index (χ3n) is 2.21. The lowest BCUT2D eigenvalue weighted by Gasteiger charge is -2.07. The fourth-order valence-electron chi connectivity index (χ4n) is 1.43. The number of pyridine rings is 1. The molecule has 2 rings (SSSR count). The first kappa shape index (κ1) is 11.6. The van der Waals surface area contributed by atoms with Crippen molar-refractivity contribution >= 4 is 0 Å². The van der Waals surface area contributed by atoms with Gasteiger partial charge in [0.25, 0.3) is 0 Å². The summed E-state index contributed by atoms with van der Waals surface area (Å²) in [5.74, 6) is -0.493. The van der Waals surface area contributed by atoms with Crippen LogP contribution in [-0.2, 0) is 6.18 Å². The second-order valence-electron chi connectivity index (χ2n) is 3.44. The number of aromatic nitrogens is 1. The third kappa shape index (κ3) is 2.61. The average Bonchev–Trinajstić information content (AvgIpc) is 2.28. The van der Waals surface area contributed by atoms with Crippen LogP contribution in [0.15, 0.2) is 42.6 Å². The quantitative estimate of drug-likeness (QED) is 0.690. The van der Waals surface area contributed by atoms with Crippen molar-refractivity contribution in [3.63, 3.8) is 0 Å². The van der Waals surface area contributed by atoms with Crippen LogP contribution in [0.25, 0.3) is 11.1 Å². The van der Waals surface area contributed by atoms with E-state index in [4.69, 9.17) is 0 Å². The molecule has 1 heterocycles. The lowest BCUT2D eigenvalue weighted by atomic mass is 10.1. The molecular formula is C12H7F4N. The van der Waals surface area contributed by atoms with Crippen LogP contribution in [0, 0.1) is 5.82 Å². The Morgan fingerprint density at radius 2 is 1.65 bits per heavy atom. The number of halogens is 4. The van der Waals surface area contributed by atoms with Crippen molar-refractivity contribution in [2.75, 3.05) is 0 Å². The molecule has 0 aliphatic rings. The molecule has 0 aliphatic heterocycles. The van der Waals surface area contributed by atoms with Crippen molar-refractivity contribution < 1.29 is 17.6 Å². The van der Waals surface area contributed by atoms with Crippen molar-refractivity contribution in [1.29, 1.82) is 0 Å². The van der Waals surface area contributed by atoms with Crippen LogP contribution in [0.4, 0.5) is 17.6 Å². The third-order valence-corrected chi connectivity index (χ3v) is 2.21. The maximum absolute atomic E-state index is 12.9. The molecule has 0 fully saturated rings. The van der Waals surface area contributed by atoms with Gasteiger partial charge in [-0.05, 0) is 35.4 Å². The van der Waals surface area contributed by atoms with Crippen LogP contribution in [0.3, 0.4) is 0 Å². The lowest BCUT2D eigenvalue weighted by molar-refractivity contribution is -0.141. The Balaban J connectivity index is 2.47. The fourth-order valence-corrected chi connectivity index (χ4v) is 1.43. The van der Waals surface area contributed by atoms with E-state index in [-0.39, 0.29) is 5.56 Å². The summed E-state index contributed by atoms with van der Waals surface area (Å²) < 4.78 is 50.2. The van der Waals surface area contributed by atoms with E-state index in [9.17, 15) is 17.6 Å². The summed E-state index contributed by atoms with van der Waals surface area (Å²) in [5, 5.41) is 0. The van der Waals surface area contributed by atoms with E-state index in [1.54, 1.807) is 6.07 Å². The zero-order valence-corrected chi connectivity index (χ0v) is 8.50. The van der Waals surface area contributed by atoms with Gasteiger partial charge in [0.1, 0.15) is 11.5 Å². The summed E-state index contributed by atoms with van der Waals surface area (Å²) >= 11 is 0. The maximum atomic E-state index is 12.9. The van der Waals surface area contributed by atoms with E-state index >= 15 is 0 Å². The predicted molar refractivity (Wildman–Crippen MR) is 54.6 cm³/mol. The highest BCUT2D eigenvalue weighted by molar-refractivity contribution is 5.63. The minimum Gasteiger partial charge on any atom is -0.252 e. The molecule has 0 bridgehead atoms. The minimum absolute atomic E-state index is 0.284. The Kier molecular flexibility index (Phi) is 2.83. The molecule has 17 heavy (non-hydrogen) atoms. The Bertz CT molecular complexity index is 534. The van der Waals surface area contributed by atoms with Crippen LogP contribution in [-0.4, -0.2) is 4.98 Å². The lowest BCUT2D eigenvalue weighted by Crippen LogP contribution is -2.07. The molecule has 0 aliphatic carbocycles. The second kappa shape index (κ2) is 4.16. The van der Waals surface area contributed by atoms with Gasteiger partial charge in [-0.2, -0.15) is 13.2 Å². The zero-order valence-electron chi connectivity index (χ0n) is 8.50. The Morgan fingerprint density at radius 1 is 0.941 bits per heavy atom. The molecule has 1 nitrogen and oxygen atoms in total. The van der Waals surface area contributed by atoms with Gasteiger partial charge in [0, 0.05) is 6.20 Å². The predicted octanol–water partition coefficient (Wildman–Crippen LogP) is 3.91. The molecule has 88 valence electrons.